The highest BCUT2D eigenvalue weighted by molar-refractivity contribution is 7.39. The van der Waals surface area contributed by atoms with Crippen LogP contribution in [0.2, 0.25) is 0 Å². The molecule has 29 heavy (non-hydrogen) atoms. The molecule has 0 rings (SSSR count). The van der Waals surface area contributed by atoms with Crippen molar-refractivity contribution >= 4 is 8.58 Å². The minimum Gasteiger partial charge on any atom is -0.325 e. The van der Waals surface area contributed by atoms with E-state index in [1.54, 1.807) is 0 Å². The Morgan fingerprint density at radius 2 is 0.828 bits per heavy atom. The van der Waals surface area contributed by atoms with E-state index in [1.807, 2.05) is 6.92 Å². The maximum absolute atomic E-state index is 6.01. The van der Waals surface area contributed by atoms with E-state index in [9.17, 15) is 0 Å². The molecule has 0 aliphatic carbocycles. The van der Waals surface area contributed by atoms with E-state index in [2.05, 4.69) is 6.92 Å². The topological polar surface area (TPSA) is 78.1 Å². The molecule has 0 fully saturated rings. The van der Waals surface area contributed by atoms with Crippen LogP contribution < -0.4 is 17.2 Å². The van der Waals surface area contributed by atoms with Crippen LogP contribution in [0.3, 0.4) is 0 Å². The molecular formula is C25H56N3P. The van der Waals surface area contributed by atoms with Gasteiger partial charge in [0.25, 0.3) is 0 Å². The first-order valence-electron chi connectivity index (χ1n) is 13.1. The van der Waals surface area contributed by atoms with Gasteiger partial charge in [-0.15, -0.1) is 0 Å². The van der Waals surface area contributed by atoms with Crippen LogP contribution in [0.4, 0.5) is 0 Å². The first-order valence-corrected chi connectivity index (χ1v) is 14.3. The number of hydrogen-bond acceptors (Lipinski definition) is 3. The lowest BCUT2D eigenvalue weighted by molar-refractivity contribution is 0.519. The van der Waals surface area contributed by atoms with Gasteiger partial charge >= 0.3 is 0 Å². The molecule has 4 heteroatoms. The monoisotopic (exact) mass is 429 g/mol. The predicted octanol–water partition coefficient (Wildman–Crippen LogP) is 7.41. The summed E-state index contributed by atoms with van der Waals surface area (Å²) in [7, 11) is 0.580. The van der Waals surface area contributed by atoms with Crippen molar-refractivity contribution in [2.45, 2.75) is 154 Å². The van der Waals surface area contributed by atoms with Crippen molar-refractivity contribution in [3.05, 3.63) is 0 Å². The number of nitrogens with two attached hydrogens (primary N) is 3. The maximum atomic E-state index is 6.01. The fraction of sp³-hybridized carbons (Fsp3) is 1.00. The van der Waals surface area contributed by atoms with Gasteiger partial charge in [0.2, 0.25) is 0 Å². The summed E-state index contributed by atoms with van der Waals surface area (Å²) in [6.45, 7) is 4.20. The summed E-state index contributed by atoms with van der Waals surface area (Å²) >= 11 is 0. The van der Waals surface area contributed by atoms with Crippen molar-refractivity contribution in [3.8, 4) is 0 Å². The molecule has 0 saturated carbocycles. The van der Waals surface area contributed by atoms with E-state index >= 15 is 0 Å². The summed E-state index contributed by atoms with van der Waals surface area (Å²) in [6.07, 6.45) is 29.6. The molecule has 0 aliphatic rings. The minimum absolute atomic E-state index is 0.120. The smallest absolute Gasteiger partial charge is 0.0957 e. The third-order valence-electron chi connectivity index (χ3n) is 6.21. The maximum Gasteiger partial charge on any atom is 0.0957 e. The molecule has 2 atom stereocenters. The van der Waals surface area contributed by atoms with Crippen LogP contribution in [-0.2, 0) is 0 Å². The molecule has 2 unspecified atom stereocenters. The van der Waals surface area contributed by atoms with Crippen LogP contribution in [0.1, 0.15) is 142 Å². The van der Waals surface area contributed by atoms with E-state index in [-0.39, 0.29) is 6.04 Å². The van der Waals surface area contributed by atoms with Crippen molar-refractivity contribution in [1.29, 1.82) is 0 Å². The van der Waals surface area contributed by atoms with E-state index < -0.39 is 5.40 Å². The molecule has 0 amide bonds. The highest BCUT2D eigenvalue weighted by Gasteiger charge is 2.22. The zero-order valence-corrected chi connectivity index (χ0v) is 21.2. The van der Waals surface area contributed by atoms with Crippen molar-refractivity contribution in [2.24, 2.45) is 17.2 Å². The first kappa shape index (κ1) is 29.3. The highest BCUT2D eigenvalue weighted by Crippen LogP contribution is 2.26. The van der Waals surface area contributed by atoms with Crippen molar-refractivity contribution in [2.75, 3.05) is 6.16 Å². The average molecular weight is 430 g/mol. The fourth-order valence-corrected chi connectivity index (χ4v) is 5.03. The largest absolute Gasteiger partial charge is 0.325 e. The molecule has 0 bridgehead atoms. The predicted molar refractivity (Wildman–Crippen MR) is 136 cm³/mol. The van der Waals surface area contributed by atoms with Crippen molar-refractivity contribution < 1.29 is 0 Å². The van der Waals surface area contributed by atoms with Crippen LogP contribution in [0, 0.1) is 0 Å². The SMILES string of the molecule is CCCCCCCCCCCCCCCCCCCCCCPC(N)(N)C(C)N. The summed E-state index contributed by atoms with van der Waals surface area (Å²) in [5.74, 6) is 0. The van der Waals surface area contributed by atoms with E-state index in [0.29, 0.717) is 8.58 Å². The molecule has 0 aromatic rings. The van der Waals surface area contributed by atoms with E-state index in [1.165, 1.54) is 128 Å². The van der Waals surface area contributed by atoms with Crippen LogP contribution in [0.25, 0.3) is 0 Å². The fourth-order valence-electron chi connectivity index (χ4n) is 3.85. The van der Waals surface area contributed by atoms with Gasteiger partial charge in [-0.1, -0.05) is 138 Å². The zero-order valence-electron chi connectivity index (χ0n) is 20.2. The summed E-state index contributed by atoms with van der Waals surface area (Å²) in [5, 5.41) is -0.659. The van der Waals surface area contributed by atoms with Crippen LogP contribution in [0.15, 0.2) is 0 Å². The number of unbranched alkanes of at least 4 members (excludes halogenated alkanes) is 19. The normalized spacial score (nSPS) is 13.6. The lowest BCUT2D eigenvalue weighted by atomic mass is 10.0. The van der Waals surface area contributed by atoms with Gasteiger partial charge in [-0.2, -0.15) is 0 Å². The third-order valence-corrected chi connectivity index (χ3v) is 7.89. The molecule has 176 valence electrons. The Kier molecular flexibility index (Phi) is 21.8. The van der Waals surface area contributed by atoms with E-state index in [0.717, 1.165) is 6.16 Å². The van der Waals surface area contributed by atoms with E-state index in [4.69, 9.17) is 17.2 Å². The van der Waals surface area contributed by atoms with Gasteiger partial charge in [-0.05, 0) is 19.5 Å². The quantitative estimate of drug-likeness (QED) is 0.0899. The molecule has 0 aliphatic heterocycles. The second kappa shape index (κ2) is 21.5. The Labute approximate surface area is 185 Å². The molecule has 0 aromatic heterocycles. The Bertz CT molecular complexity index is 321. The van der Waals surface area contributed by atoms with Gasteiger partial charge in [0.15, 0.2) is 0 Å². The van der Waals surface area contributed by atoms with Gasteiger partial charge in [0, 0.05) is 6.04 Å². The second-order valence-corrected chi connectivity index (χ2v) is 11.1. The zero-order chi connectivity index (χ0) is 21.6. The van der Waals surface area contributed by atoms with Gasteiger partial charge in [0.1, 0.15) is 0 Å². The molecule has 0 heterocycles. The van der Waals surface area contributed by atoms with Crippen LogP contribution in [0.5, 0.6) is 0 Å². The van der Waals surface area contributed by atoms with Gasteiger partial charge in [0.05, 0.1) is 5.40 Å². The van der Waals surface area contributed by atoms with Crippen molar-refractivity contribution in [3.63, 3.8) is 0 Å². The van der Waals surface area contributed by atoms with Crippen LogP contribution >= 0.6 is 8.58 Å². The highest BCUT2D eigenvalue weighted by atomic mass is 31.1. The molecule has 0 radical (unpaired) electrons. The van der Waals surface area contributed by atoms with Crippen LogP contribution in [-0.4, -0.2) is 17.6 Å². The van der Waals surface area contributed by atoms with Gasteiger partial charge in [-0.25, -0.2) is 0 Å². The standard InChI is InChI=1S/C25H56N3P/c1-3-4-5-6-7-8-9-10-11-12-13-14-15-16-17-18-19-20-21-22-23-29-25(27,28)24(2)26/h24,29H,3-23,26-28H2,1-2H3. The Morgan fingerprint density at radius 1 is 0.552 bits per heavy atom. The Hall–Kier alpha value is 0.310. The Morgan fingerprint density at radius 3 is 1.10 bits per heavy atom. The summed E-state index contributed by atoms with van der Waals surface area (Å²) < 4.78 is 0. The second-order valence-electron chi connectivity index (χ2n) is 9.37. The average Bonchev–Trinajstić information content (AvgIpc) is 2.69. The third kappa shape index (κ3) is 21.3. The van der Waals surface area contributed by atoms with Gasteiger partial charge in [-0.3, -0.25) is 0 Å². The summed E-state index contributed by atoms with van der Waals surface area (Å²) in [4.78, 5) is 0. The van der Waals surface area contributed by atoms with Gasteiger partial charge < -0.3 is 17.2 Å². The number of rotatable bonds is 23. The Balaban J connectivity index is 3.10. The molecule has 0 aromatic carbocycles. The first-order chi connectivity index (χ1) is 14.0. The molecule has 0 spiro atoms. The summed E-state index contributed by atoms with van der Waals surface area (Å²) in [6, 6.07) is -0.120. The molecule has 0 saturated heterocycles. The molecular weight excluding hydrogens is 373 g/mol. The summed E-state index contributed by atoms with van der Waals surface area (Å²) in [5.41, 5.74) is 17.8. The lowest BCUT2D eigenvalue weighted by Gasteiger charge is -2.28. The number of hydrogen-bond donors (Lipinski definition) is 3. The molecule has 6 N–H and O–H groups in total. The lowest BCUT2D eigenvalue weighted by Crippen LogP contribution is -2.57. The minimum atomic E-state index is -0.659. The molecule has 3 nitrogen and oxygen atoms in total. The van der Waals surface area contributed by atoms with Crippen molar-refractivity contribution in [1.82, 2.24) is 0 Å².